The quantitative estimate of drug-likeness (QED) is 0.396. The minimum absolute atomic E-state index is 0.0356. The first-order valence-corrected chi connectivity index (χ1v) is 5.06. The van der Waals surface area contributed by atoms with Crippen LogP contribution < -0.4 is 5.32 Å². The summed E-state index contributed by atoms with van der Waals surface area (Å²) in [5, 5.41) is 2.58. The molecule has 5 heteroatoms. The predicted octanol–water partition coefficient (Wildman–Crippen LogP) is -0.103. The lowest BCUT2D eigenvalue weighted by Crippen LogP contribution is -2.25. The number of rotatable bonds is 1. The number of hydrogen-bond donors (Lipinski definition) is 1. The van der Waals surface area contributed by atoms with E-state index in [1.54, 1.807) is 13.4 Å². The highest BCUT2D eigenvalue weighted by Crippen LogP contribution is 2.15. The zero-order chi connectivity index (χ0) is 7.56. The highest BCUT2D eigenvalue weighted by molar-refractivity contribution is 14.1. The van der Waals surface area contributed by atoms with E-state index >= 15 is 0 Å². The number of carbonyl (C=O) groups excluding carboxylic acids is 1. The summed E-state index contributed by atoms with van der Waals surface area (Å²) in [5.74, 6) is 0.0356. The fourth-order valence-electron chi connectivity index (χ4n) is 0.578. The molecule has 1 N–H and O–H groups in total. The molecule has 1 aliphatic heterocycles. The van der Waals surface area contributed by atoms with Gasteiger partial charge in [0.15, 0.2) is 21.0 Å². The Morgan fingerprint density at radius 2 is 2.60 bits per heavy atom. The summed E-state index contributed by atoms with van der Waals surface area (Å²) in [6.45, 7) is 0. The zero-order valence-corrected chi connectivity index (χ0v) is 7.99. The minimum Gasteiger partial charge on any atom is -0.355 e. The van der Waals surface area contributed by atoms with E-state index in [1.807, 2.05) is 9.78 Å². The number of nitrogens with zero attached hydrogens (tertiary/aromatic N) is 2. The summed E-state index contributed by atoms with van der Waals surface area (Å²) in [5.41, 5.74) is 0. The van der Waals surface area contributed by atoms with Crippen molar-refractivity contribution in [2.24, 2.45) is 4.99 Å². The fraction of sp³-hybridized carbons (Fsp3) is 0.600. The van der Waals surface area contributed by atoms with Crippen LogP contribution in [0.3, 0.4) is 0 Å². The topological polar surface area (TPSA) is 44.5 Å². The van der Waals surface area contributed by atoms with Gasteiger partial charge in [-0.2, -0.15) is 0 Å². The smallest absolute Gasteiger partial charge is 0.297 e. The molecule has 1 aliphatic rings. The van der Waals surface area contributed by atoms with Crippen LogP contribution in [0.2, 0.25) is 0 Å². The van der Waals surface area contributed by atoms with E-state index in [0.29, 0.717) is 0 Å². The Bertz CT molecular complexity index is 211. The number of hydrogen-bond acceptors (Lipinski definition) is 2. The summed E-state index contributed by atoms with van der Waals surface area (Å²) >= 11 is -0.234. The Morgan fingerprint density at radius 1 is 1.90 bits per heavy atom. The number of halogens is 1. The maximum absolute atomic E-state index is 10.9. The SMILES string of the molecule is CNC(=O)C1N=C[N+](C)=I1. The third kappa shape index (κ3) is 1.59. The van der Waals surface area contributed by atoms with E-state index in [1.165, 1.54) is 0 Å². The standard InChI is InChI=1S/C5H8IN3O/c1-7-5(10)4-6-9(2)3-8-4/h3-4H,1-2H3/p+1. The van der Waals surface area contributed by atoms with Gasteiger partial charge in [-0.05, 0) is 0 Å². The monoisotopic (exact) mass is 254 g/mol. The van der Waals surface area contributed by atoms with Gasteiger partial charge in [0.2, 0.25) is 0 Å². The lowest BCUT2D eigenvalue weighted by molar-refractivity contribution is -0.297. The molecule has 0 saturated heterocycles. The second-order valence-electron chi connectivity index (χ2n) is 1.84. The summed E-state index contributed by atoms with van der Waals surface area (Å²) in [4.78, 5) is 15.0. The summed E-state index contributed by atoms with van der Waals surface area (Å²) in [7, 11) is 3.58. The number of nitrogens with one attached hydrogen (secondary N) is 1. The van der Waals surface area contributed by atoms with Gasteiger partial charge < -0.3 is 5.32 Å². The van der Waals surface area contributed by atoms with Crippen molar-refractivity contribution < 1.29 is 7.52 Å². The summed E-state index contributed by atoms with van der Waals surface area (Å²) < 4.78 is 1.91. The van der Waals surface area contributed by atoms with E-state index < -0.39 is 0 Å². The predicted molar refractivity (Wildman–Crippen MR) is 46.6 cm³/mol. The molecule has 10 heavy (non-hydrogen) atoms. The van der Waals surface area contributed by atoms with Crippen molar-refractivity contribution in [2.75, 3.05) is 14.1 Å². The van der Waals surface area contributed by atoms with E-state index in [9.17, 15) is 4.79 Å². The van der Waals surface area contributed by atoms with Crippen LogP contribution in [0.4, 0.5) is 0 Å². The minimum atomic E-state index is -0.234. The Morgan fingerprint density at radius 3 is 3.00 bits per heavy atom. The van der Waals surface area contributed by atoms with Gasteiger partial charge in [0.05, 0.1) is 7.05 Å². The first-order chi connectivity index (χ1) is 4.74. The molecule has 0 fully saturated rings. The molecular weight excluding hydrogens is 245 g/mol. The molecule has 1 amide bonds. The highest BCUT2D eigenvalue weighted by atomic mass is 127. The van der Waals surface area contributed by atoms with Crippen LogP contribution in [0.15, 0.2) is 4.99 Å². The highest BCUT2D eigenvalue weighted by Gasteiger charge is 2.25. The van der Waals surface area contributed by atoms with Crippen molar-refractivity contribution in [3.63, 3.8) is 0 Å². The van der Waals surface area contributed by atoms with Crippen LogP contribution >= 0.6 is 21.0 Å². The Labute approximate surface area is 69.5 Å². The second kappa shape index (κ2) is 3.18. The van der Waals surface area contributed by atoms with Gasteiger partial charge in [0.25, 0.3) is 16.3 Å². The van der Waals surface area contributed by atoms with Crippen LogP contribution in [-0.2, 0) is 4.79 Å². The second-order valence-corrected chi connectivity index (χ2v) is 5.10. The molecule has 56 valence electrons. The summed E-state index contributed by atoms with van der Waals surface area (Å²) in [6, 6.07) is 0. The number of likely N-dealkylation sites (N-methyl/N-ethyl adjacent to an activating group) is 1. The van der Waals surface area contributed by atoms with Crippen molar-refractivity contribution in [2.45, 2.75) is 4.05 Å². The van der Waals surface area contributed by atoms with E-state index in [0.717, 1.165) is 0 Å². The maximum atomic E-state index is 10.9. The molecule has 0 aromatic heterocycles. The Balaban J connectivity index is 2.62. The van der Waals surface area contributed by atoms with Gasteiger partial charge in [-0.25, -0.2) is 2.73 Å². The van der Waals surface area contributed by atoms with Crippen LogP contribution in [0.5, 0.6) is 0 Å². The van der Waals surface area contributed by atoms with Gasteiger partial charge in [-0.1, -0.05) is 4.99 Å². The van der Waals surface area contributed by atoms with Crippen LogP contribution in [0.25, 0.3) is 0 Å². The molecule has 1 heterocycles. The van der Waals surface area contributed by atoms with Crippen molar-refractivity contribution in [3.8, 4) is 0 Å². The molecule has 0 bridgehead atoms. The summed E-state index contributed by atoms with van der Waals surface area (Å²) in [6.07, 6.45) is 1.73. The van der Waals surface area contributed by atoms with Crippen molar-refractivity contribution in [3.05, 3.63) is 0 Å². The van der Waals surface area contributed by atoms with Gasteiger partial charge in [0.1, 0.15) is 0 Å². The van der Waals surface area contributed by atoms with Gasteiger partial charge in [-0.3, -0.25) is 4.79 Å². The van der Waals surface area contributed by atoms with E-state index in [4.69, 9.17) is 0 Å². The lowest BCUT2D eigenvalue weighted by atomic mass is 10.6. The normalized spacial score (nSPS) is 23.4. The Kier molecular flexibility index (Phi) is 2.47. The van der Waals surface area contributed by atoms with Crippen molar-refractivity contribution >= 4 is 33.3 Å². The number of carbonyl (C=O) groups is 1. The van der Waals surface area contributed by atoms with Gasteiger partial charge >= 0.3 is 0 Å². The van der Waals surface area contributed by atoms with Crippen LogP contribution in [-0.4, -0.2) is 33.1 Å². The lowest BCUT2D eigenvalue weighted by Gasteiger charge is -1.92. The molecule has 0 aromatic rings. The number of alkyl halides is 1. The van der Waals surface area contributed by atoms with E-state index in [2.05, 4.69) is 10.3 Å². The number of amides is 1. The van der Waals surface area contributed by atoms with Crippen molar-refractivity contribution in [1.29, 1.82) is 0 Å². The average Bonchev–Trinajstić information content (AvgIpc) is 2.34. The Hall–Kier alpha value is -0.330. The molecule has 1 atom stereocenters. The molecule has 4 nitrogen and oxygen atoms in total. The number of aliphatic imine (C=N–C) groups is 1. The van der Waals surface area contributed by atoms with Crippen LogP contribution in [0.1, 0.15) is 0 Å². The first kappa shape index (κ1) is 7.77. The molecule has 1 unspecified atom stereocenters. The van der Waals surface area contributed by atoms with Crippen molar-refractivity contribution in [1.82, 2.24) is 5.32 Å². The molecule has 0 spiro atoms. The molecule has 0 aliphatic carbocycles. The first-order valence-electron chi connectivity index (χ1n) is 2.85. The molecular formula is C5H9IN3O+. The molecule has 0 radical (unpaired) electrons. The largest absolute Gasteiger partial charge is 0.355 e. The maximum Gasteiger partial charge on any atom is 0.297 e. The third-order valence-electron chi connectivity index (χ3n) is 1.07. The fourth-order valence-corrected chi connectivity index (χ4v) is 2.55. The van der Waals surface area contributed by atoms with Gasteiger partial charge in [-0.15, -0.1) is 0 Å². The zero-order valence-electron chi connectivity index (χ0n) is 5.84. The van der Waals surface area contributed by atoms with Gasteiger partial charge in [0, 0.05) is 7.05 Å². The molecule has 1 rings (SSSR count). The average molecular weight is 254 g/mol. The molecule has 0 saturated carbocycles. The van der Waals surface area contributed by atoms with Crippen LogP contribution in [0, 0.1) is 0 Å². The molecule has 0 aromatic carbocycles. The van der Waals surface area contributed by atoms with E-state index in [-0.39, 0.29) is 31.0 Å². The third-order valence-corrected chi connectivity index (χ3v) is 3.61.